The summed E-state index contributed by atoms with van der Waals surface area (Å²) in [5, 5.41) is 0. The predicted molar refractivity (Wildman–Crippen MR) is 102 cm³/mol. The number of nitrogens with zero attached hydrogens (tertiary/aromatic N) is 1. The Morgan fingerprint density at radius 2 is 1.58 bits per heavy atom. The van der Waals surface area contributed by atoms with Gasteiger partial charge < -0.3 is 4.98 Å². The molecule has 0 atom stereocenters. The van der Waals surface area contributed by atoms with Crippen LogP contribution in [0.1, 0.15) is 23.4 Å². The van der Waals surface area contributed by atoms with Gasteiger partial charge in [0.25, 0.3) is 6.43 Å². The van der Waals surface area contributed by atoms with Gasteiger partial charge in [-0.15, -0.1) is 0 Å². The number of aromatic nitrogens is 2. The molecule has 0 radical (unpaired) electrons. The summed E-state index contributed by atoms with van der Waals surface area (Å²) in [6.45, 7) is 0. The molecule has 26 heavy (non-hydrogen) atoms. The van der Waals surface area contributed by atoms with E-state index in [2.05, 4.69) is 34.2 Å². The molecule has 3 aromatic carbocycles. The van der Waals surface area contributed by atoms with Crippen LogP contribution in [0, 0.1) is 0 Å². The number of imidazole rings is 1. The van der Waals surface area contributed by atoms with Crippen LogP contribution in [0.2, 0.25) is 0 Å². The van der Waals surface area contributed by atoms with Gasteiger partial charge in [-0.3, -0.25) is 0 Å². The van der Waals surface area contributed by atoms with Crippen LogP contribution in [0.4, 0.5) is 8.78 Å². The van der Waals surface area contributed by atoms with E-state index in [1.165, 1.54) is 12.1 Å². The lowest BCUT2D eigenvalue weighted by Gasteiger charge is -2.00. The molecule has 0 unspecified atom stereocenters. The van der Waals surface area contributed by atoms with E-state index in [0.717, 1.165) is 33.5 Å². The van der Waals surface area contributed by atoms with Crippen molar-refractivity contribution >= 4 is 23.2 Å². The summed E-state index contributed by atoms with van der Waals surface area (Å²) in [5.74, 6) is 0.725. The molecule has 4 rings (SSSR count). The van der Waals surface area contributed by atoms with Gasteiger partial charge >= 0.3 is 0 Å². The Morgan fingerprint density at radius 3 is 2.31 bits per heavy atom. The van der Waals surface area contributed by atoms with Crippen molar-refractivity contribution in [1.82, 2.24) is 9.97 Å². The van der Waals surface area contributed by atoms with Crippen molar-refractivity contribution in [3.05, 3.63) is 89.7 Å². The molecule has 0 aliphatic rings. The van der Waals surface area contributed by atoms with E-state index in [-0.39, 0.29) is 5.56 Å². The third kappa shape index (κ3) is 3.40. The highest BCUT2D eigenvalue weighted by molar-refractivity contribution is 5.83. The second kappa shape index (κ2) is 6.92. The Kier molecular flexibility index (Phi) is 4.32. The van der Waals surface area contributed by atoms with Crippen molar-refractivity contribution in [2.24, 2.45) is 0 Å². The predicted octanol–water partition coefficient (Wildman–Crippen LogP) is 6.34. The van der Waals surface area contributed by atoms with E-state index >= 15 is 0 Å². The Labute approximate surface area is 149 Å². The second-order valence-electron chi connectivity index (χ2n) is 6.02. The fourth-order valence-corrected chi connectivity index (χ4v) is 2.85. The van der Waals surface area contributed by atoms with Crippen molar-refractivity contribution in [2.75, 3.05) is 0 Å². The maximum Gasteiger partial charge on any atom is 0.263 e. The number of hydrogen-bond acceptors (Lipinski definition) is 1. The van der Waals surface area contributed by atoms with Gasteiger partial charge in [-0.2, -0.15) is 0 Å². The van der Waals surface area contributed by atoms with Crippen LogP contribution in [0.25, 0.3) is 34.3 Å². The quantitative estimate of drug-likeness (QED) is 0.459. The van der Waals surface area contributed by atoms with Crippen LogP contribution in [-0.4, -0.2) is 9.97 Å². The average molecular weight is 346 g/mol. The smallest absolute Gasteiger partial charge is 0.263 e. The van der Waals surface area contributed by atoms with Crippen LogP contribution < -0.4 is 0 Å². The van der Waals surface area contributed by atoms with Crippen LogP contribution >= 0.6 is 0 Å². The summed E-state index contributed by atoms with van der Waals surface area (Å²) in [6, 6.07) is 22.5. The molecule has 1 N–H and O–H groups in total. The Morgan fingerprint density at radius 1 is 0.808 bits per heavy atom. The molecule has 0 saturated heterocycles. The van der Waals surface area contributed by atoms with E-state index in [1.807, 2.05) is 36.4 Å². The van der Waals surface area contributed by atoms with E-state index in [9.17, 15) is 8.78 Å². The largest absolute Gasteiger partial charge is 0.338 e. The Hall–Kier alpha value is -3.27. The Balaban J connectivity index is 1.59. The molecule has 0 fully saturated rings. The van der Waals surface area contributed by atoms with Crippen molar-refractivity contribution in [3.8, 4) is 11.1 Å². The highest BCUT2D eigenvalue weighted by Crippen LogP contribution is 2.24. The fourth-order valence-electron chi connectivity index (χ4n) is 2.85. The van der Waals surface area contributed by atoms with Crippen molar-refractivity contribution in [2.45, 2.75) is 6.43 Å². The van der Waals surface area contributed by atoms with Crippen molar-refractivity contribution in [1.29, 1.82) is 0 Å². The minimum Gasteiger partial charge on any atom is -0.338 e. The van der Waals surface area contributed by atoms with Gasteiger partial charge in [-0.25, -0.2) is 13.8 Å². The van der Waals surface area contributed by atoms with E-state index in [4.69, 9.17) is 0 Å². The minimum absolute atomic E-state index is 0.0272. The monoisotopic (exact) mass is 346 g/mol. The van der Waals surface area contributed by atoms with E-state index in [1.54, 1.807) is 12.1 Å². The highest BCUT2D eigenvalue weighted by atomic mass is 19.3. The molecular formula is C22H16F2N2. The van der Waals surface area contributed by atoms with Crippen molar-refractivity contribution in [3.63, 3.8) is 0 Å². The van der Waals surface area contributed by atoms with Crippen LogP contribution in [0.5, 0.6) is 0 Å². The summed E-state index contributed by atoms with van der Waals surface area (Å²) >= 11 is 0. The Bertz CT molecular complexity index is 1050. The van der Waals surface area contributed by atoms with Gasteiger partial charge in [-0.1, -0.05) is 66.7 Å². The van der Waals surface area contributed by atoms with Gasteiger partial charge in [-0.05, 0) is 34.9 Å². The molecule has 2 nitrogen and oxygen atoms in total. The zero-order valence-electron chi connectivity index (χ0n) is 13.9. The third-order valence-electron chi connectivity index (χ3n) is 4.23. The topological polar surface area (TPSA) is 28.7 Å². The summed E-state index contributed by atoms with van der Waals surface area (Å²) in [6.07, 6.45) is 1.26. The van der Waals surface area contributed by atoms with E-state index < -0.39 is 6.43 Å². The average Bonchev–Trinajstić information content (AvgIpc) is 3.09. The molecular weight excluding hydrogens is 330 g/mol. The van der Waals surface area contributed by atoms with Crippen LogP contribution in [-0.2, 0) is 0 Å². The molecule has 0 bridgehead atoms. The van der Waals surface area contributed by atoms with E-state index in [0.29, 0.717) is 0 Å². The summed E-state index contributed by atoms with van der Waals surface area (Å²) in [7, 11) is 0. The van der Waals surface area contributed by atoms with Gasteiger partial charge in [0, 0.05) is 5.56 Å². The standard InChI is InChI=1S/C22H16F2N2/c23-22(24)17-9-6-15(7-10-17)8-13-21-25-19-12-11-18(14-20(19)26-21)16-4-2-1-3-5-16/h1-14,22H,(H,25,26). The lowest BCUT2D eigenvalue weighted by molar-refractivity contribution is 0.151. The molecule has 1 heterocycles. The molecule has 4 heteroatoms. The minimum atomic E-state index is -2.44. The summed E-state index contributed by atoms with van der Waals surface area (Å²) in [4.78, 5) is 7.83. The number of H-pyrrole nitrogens is 1. The number of fused-ring (bicyclic) bond motifs is 1. The first-order chi connectivity index (χ1) is 12.7. The van der Waals surface area contributed by atoms with Gasteiger partial charge in [0.1, 0.15) is 5.82 Å². The van der Waals surface area contributed by atoms with Crippen molar-refractivity contribution < 1.29 is 8.78 Å². The number of benzene rings is 3. The maximum atomic E-state index is 12.6. The zero-order valence-corrected chi connectivity index (χ0v) is 13.9. The summed E-state index contributed by atoms with van der Waals surface area (Å²) < 4.78 is 25.2. The SMILES string of the molecule is FC(F)c1ccc(C=Cc2nc3ccc(-c4ccccc4)cc3[nH]2)cc1. The lowest BCUT2D eigenvalue weighted by Crippen LogP contribution is -1.83. The zero-order chi connectivity index (χ0) is 17.9. The first-order valence-electron chi connectivity index (χ1n) is 8.30. The number of hydrogen-bond donors (Lipinski definition) is 1. The number of aromatic amines is 1. The second-order valence-corrected chi connectivity index (χ2v) is 6.02. The van der Waals surface area contributed by atoms with Gasteiger partial charge in [0.05, 0.1) is 11.0 Å². The number of nitrogens with one attached hydrogen (secondary N) is 1. The first kappa shape index (κ1) is 16.2. The number of alkyl halides is 2. The molecule has 4 aromatic rings. The molecule has 1 aromatic heterocycles. The molecule has 0 spiro atoms. The van der Waals surface area contributed by atoms with Crippen LogP contribution in [0.3, 0.4) is 0 Å². The highest BCUT2D eigenvalue weighted by Gasteiger charge is 2.05. The third-order valence-corrected chi connectivity index (χ3v) is 4.23. The van der Waals surface area contributed by atoms with Crippen LogP contribution in [0.15, 0.2) is 72.8 Å². The molecule has 128 valence electrons. The fraction of sp³-hybridized carbons (Fsp3) is 0.0455. The normalized spacial score (nSPS) is 11.7. The first-order valence-corrected chi connectivity index (χ1v) is 8.30. The molecule has 0 aliphatic heterocycles. The number of halogens is 2. The molecule has 0 amide bonds. The van der Waals surface area contributed by atoms with Gasteiger partial charge in [0.15, 0.2) is 0 Å². The number of rotatable bonds is 4. The molecule has 0 aliphatic carbocycles. The molecule has 0 saturated carbocycles. The lowest BCUT2D eigenvalue weighted by atomic mass is 10.1. The maximum absolute atomic E-state index is 12.6. The summed E-state index contributed by atoms with van der Waals surface area (Å²) in [5.41, 5.74) is 5.00. The van der Waals surface area contributed by atoms with Gasteiger partial charge in [0.2, 0.25) is 0 Å².